The zero-order valence-electron chi connectivity index (χ0n) is 6.85. The Morgan fingerprint density at radius 1 is 1.58 bits per heavy atom. The Morgan fingerprint density at radius 2 is 2.33 bits per heavy atom. The van der Waals surface area contributed by atoms with Crippen molar-refractivity contribution in [3.8, 4) is 0 Å². The van der Waals surface area contributed by atoms with Crippen LogP contribution in [0.5, 0.6) is 0 Å². The molecule has 0 bridgehead atoms. The van der Waals surface area contributed by atoms with Gasteiger partial charge in [-0.3, -0.25) is 0 Å². The summed E-state index contributed by atoms with van der Waals surface area (Å²) in [5.74, 6) is 2.62. The van der Waals surface area contributed by atoms with Crippen molar-refractivity contribution < 1.29 is 4.42 Å². The van der Waals surface area contributed by atoms with Crippen molar-refractivity contribution in [2.24, 2.45) is 5.73 Å². The Kier molecular flexibility index (Phi) is 2.24. The molecule has 0 unspecified atom stereocenters. The molecule has 2 nitrogen and oxygen atoms in total. The van der Waals surface area contributed by atoms with Crippen molar-refractivity contribution in [3.63, 3.8) is 0 Å². The van der Waals surface area contributed by atoms with Crippen LogP contribution in [-0.2, 0) is 6.54 Å². The predicted octanol–water partition coefficient (Wildman–Crippen LogP) is 2.77. The van der Waals surface area contributed by atoms with Crippen LogP contribution in [0.15, 0.2) is 15.0 Å². The minimum absolute atomic E-state index is 0.491. The Labute approximate surface area is 80.3 Å². The fraction of sp³-hybridized carbons (Fsp3) is 0.556. The molecule has 0 amide bonds. The van der Waals surface area contributed by atoms with Gasteiger partial charge in [-0.25, -0.2) is 0 Å². The summed E-state index contributed by atoms with van der Waals surface area (Å²) in [6.45, 7) is 0.491. The van der Waals surface area contributed by atoms with E-state index in [0.29, 0.717) is 12.5 Å². The Hall–Kier alpha value is -0.280. The standard InChI is InChI=1S/C9H12BrNO/c10-8-4-7(5-11)12-9(8)6-2-1-3-6/h4,6H,1-3,5,11H2. The highest BCUT2D eigenvalue weighted by atomic mass is 79.9. The van der Waals surface area contributed by atoms with Crippen LogP contribution in [0.3, 0.4) is 0 Å². The van der Waals surface area contributed by atoms with Crippen LogP contribution in [0, 0.1) is 0 Å². The normalized spacial score (nSPS) is 17.8. The molecule has 0 aromatic carbocycles. The molecule has 2 rings (SSSR count). The molecular weight excluding hydrogens is 218 g/mol. The van der Waals surface area contributed by atoms with Crippen molar-refractivity contribution in [1.82, 2.24) is 0 Å². The monoisotopic (exact) mass is 229 g/mol. The van der Waals surface area contributed by atoms with Gasteiger partial charge < -0.3 is 10.2 Å². The number of rotatable bonds is 2. The van der Waals surface area contributed by atoms with Gasteiger partial charge in [0.05, 0.1) is 11.0 Å². The first-order valence-electron chi connectivity index (χ1n) is 4.29. The van der Waals surface area contributed by atoms with E-state index in [-0.39, 0.29) is 0 Å². The largest absolute Gasteiger partial charge is 0.463 e. The van der Waals surface area contributed by atoms with Gasteiger partial charge in [0.2, 0.25) is 0 Å². The Morgan fingerprint density at radius 3 is 2.75 bits per heavy atom. The summed E-state index contributed by atoms with van der Waals surface area (Å²) < 4.78 is 6.69. The van der Waals surface area contributed by atoms with Gasteiger partial charge in [0, 0.05) is 5.92 Å². The molecule has 1 aliphatic rings. The molecule has 0 radical (unpaired) electrons. The van der Waals surface area contributed by atoms with Crippen LogP contribution in [0.2, 0.25) is 0 Å². The number of halogens is 1. The van der Waals surface area contributed by atoms with E-state index in [9.17, 15) is 0 Å². The highest BCUT2D eigenvalue weighted by Crippen LogP contribution is 2.40. The summed E-state index contributed by atoms with van der Waals surface area (Å²) in [6, 6.07) is 1.98. The van der Waals surface area contributed by atoms with Crippen LogP contribution in [-0.4, -0.2) is 0 Å². The van der Waals surface area contributed by atoms with Gasteiger partial charge in [-0.15, -0.1) is 0 Å². The minimum atomic E-state index is 0.491. The summed E-state index contributed by atoms with van der Waals surface area (Å²) in [6.07, 6.45) is 3.85. The maximum Gasteiger partial charge on any atom is 0.121 e. The fourth-order valence-electron chi connectivity index (χ4n) is 1.48. The van der Waals surface area contributed by atoms with Gasteiger partial charge >= 0.3 is 0 Å². The van der Waals surface area contributed by atoms with E-state index >= 15 is 0 Å². The van der Waals surface area contributed by atoms with Crippen LogP contribution < -0.4 is 5.73 Å². The highest BCUT2D eigenvalue weighted by molar-refractivity contribution is 9.10. The lowest BCUT2D eigenvalue weighted by molar-refractivity contribution is 0.334. The third-order valence-electron chi connectivity index (χ3n) is 2.44. The molecule has 1 aromatic heterocycles. The first-order chi connectivity index (χ1) is 5.81. The van der Waals surface area contributed by atoms with Gasteiger partial charge in [-0.2, -0.15) is 0 Å². The minimum Gasteiger partial charge on any atom is -0.463 e. The third kappa shape index (κ3) is 1.31. The average molecular weight is 230 g/mol. The number of nitrogens with two attached hydrogens (primary N) is 1. The Balaban J connectivity index is 2.23. The second kappa shape index (κ2) is 3.23. The summed E-state index contributed by atoms with van der Waals surface area (Å²) in [5, 5.41) is 0. The van der Waals surface area contributed by atoms with Gasteiger partial charge in [-0.05, 0) is 34.8 Å². The maximum atomic E-state index is 5.60. The fourth-order valence-corrected chi connectivity index (χ4v) is 2.14. The van der Waals surface area contributed by atoms with E-state index in [1.165, 1.54) is 19.3 Å². The molecule has 3 heteroatoms. The number of furan rings is 1. The Bertz CT molecular complexity index is 278. The molecule has 1 heterocycles. The lowest BCUT2D eigenvalue weighted by atomic mass is 9.84. The van der Waals surface area contributed by atoms with Gasteiger partial charge in [0.1, 0.15) is 11.5 Å². The van der Waals surface area contributed by atoms with Crippen LogP contribution in [0.4, 0.5) is 0 Å². The smallest absolute Gasteiger partial charge is 0.121 e. The maximum absolute atomic E-state index is 5.60. The van der Waals surface area contributed by atoms with E-state index in [1.807, 2.05) is 6.07 Å². The van der Waals surface area contributed by atoms with Crippen LogP contribution in [0.1, 0.15) is 36.7 Å². The SMILES string of the molecule is NCc1cc(Br)c(C2CCC2)o1. The molecule has 1 aliphatic carbocycles. The zero-order valence-corrected chi connectivity index (χ0v) is 8.43. The second-order valence-corrected chi connectivity index (χ2v) is 4.11. The van der Waals surface area contributed by atoms with Crippen molar-refractivity contribution >= 4 is 15.9 Å². The summed E-state index contributed by atoms with van der Waals surface area (Å²) in [5.41, 5.74) is 5.48. The van der Waals surface area contributed by atoms with Crippen LogP contribution in [0.25, 0.3) is 0 Å². The van der Waals surface area contributed by atoms with E-state index in [0.717, 1.165) is 16.0 Å². The lowest BCUT2D eigenvalue weighted by Crippen LogP contribution is -2.08. The number of hydrogen-bond acceptors (Lipinski definition) is 2. The third-order valence-corrected chi connectivity index (χ3v) is 3.06. The molecule has 1 fully saturated rings. The van der Waals surface area contributed by atoms with E-state index in [2.05, 4.69) is 15.9 Å². The molecule has 1 aromatic rings. The molecule has 0 spiro atoms. The molecule has 1 saturated carbocycles. The summed E-state index contributed by atoms with van der Waals surface area (Å²) in [7, 11) is 0. The van der Waals surface area contributed by atoms with E-state index < -0.39 is 0 Å². The van der Waals surface area contributed by atoms with E-state index in [1.54, 1.807) is 0 Å². The average Bonchev–Trinajstić information content (AvgIpc) is 2.29. The first-order valence-corrected chi connectivity index (χ1v) is 5.08. The van der Waals surface area contributed by atoms with Crippen molar-refractivity contribution in [3.05, 3.63) is 22.1 Å². The molecule has 0 atom stereocenters. The second-order valence-electron chi connectivity index (χ2n) is 3.26. The summed E-state index contributed by atoms with van der Waals surface area (Å²) in [4.78, 5) is 0. The molecule has 12 heavy (non-hydrogen) atoms. The van der Waals surface area contributed by atoms with Crippen LogP contribution >= 0.6 is 15.9 Å². The topological polar surface area (TPSA) is 39.2 Å². The van der Waals surface area contributed by atoms with E-state index in [4.69, 9.17) is 10.2 Å². The lowest BCUT2D eigenvalue weighted by Gasteiger charge is -2.23. The molecular formula is C9H12BrNO. The van der Waals surface area contributed by atoms with Gasteiger partial charge in [0.25, 0.3) is 0 Å². The molecule has 0 aliphatic heterocycles. The predicted molar refractivity (Wildman–Crippen MR) is 50.9 cm³/mol. The van der Waals surface area contributed by atoms with Crippen molar-refractivity contribution in [1.29, 1.82) is 0 Å². The molecule has 2 N–H and O–H groups in total. The first kappa shape index (κ1) is 8.32. The zero-order chi connectivity index (χ0) is 8.55. The quantitative estimate of drug-likeness (QED) is 0.848. The van der Waals surface area contributed by atoms with Gasteiger partial charge in [0.15, 0.2) is 0 Å². The summed E-state index contributed by atoms with van der Waals surface area (Å²) >= 11 is 3.48. The van der Waals surface area contributed by atoms with Gasteiger partial charge in [-0.1, -0.05) is 6.42 Å². The molecule has 0 saturated heterocycles. The van der Waals surface area contributed by atoms with Crippen molar-refractivity contribution in [2.45, 2.75) is 31.7 Å². The van der Waals surface area contributed by atoms with Crippen molar-refractivity contribution in [2.75, 3.05) is 0 Å². The highest BCUT2D eigenvalue weighted by Gasteiger charge is 2.25. The molecule has 66 valence electrons. The number of hydrogen-bond donors (Lipinski definition) is 1.